The summed E-state index contributed by atoms with van der Waals surface area (Å²) in [7, 11) is -2.93. The number of pyridine rings is 1. The lowest BCUT2D eigenvalue weighted by Gasteiger charge is -2.07. The monoisotopic (exact) mass is 370 g/mol. The van der Waals surface area contributed by atoms with Gasteiger partial charge in [-0.2, -0.15) is 0 Å². The van der Waals surface area contributed by atoms with Gasteiger partial charge in [-0.25, -0.2) is 13.4 Å². The van der Waals surface area contributed by atoms with Crippen molar-refractivity contribution in [3.8, 4) is 0 Å². The molecule has 1 heterocycles. The van der Waals surface area contributed by atoms with Crippen LogP contribution in [0.15, 0.2) is 21.2 Å². The maximum Gasteiger partial charge on any atom is 0.151 e. The first-order chi connectivity index (χ1) is 7.44. The molecule has 0 fully saturated rings. The highest BCUT2D eigenvalue weighted by molar-refractivity contribution is 9.11. The summed E-state index contributed by atoms with van der Waals surface area (Å²) in [5.74, 6) is 0.937. The van der Waals surface area contributed by atoms with Gasteiger partial charge in [0.2, 0.25) is 0 Å². The molecule has 0 spiro atoms. The Balaban J connectivity index is 2.56. The summed E-state index contributed by atoms with van der Waals surface area (Å²) in [4.78, 5) is 4.12. The van der Waals surface area contributed by atoms with Crippen LogP contribution in [-0.2, 0) is 9.84 Å². The molecule has 0 saturated heterocycles. The zero-order valence-corrected chi connectivity index (χ0v) is 12.7. The van der Waals surface area contributed by atoms with Crippen molar-refractivity contribution >= 4 is 47.5 Å². The highest BCUT2D eigenvalue weighted by atomic mass is 79.9. The van der Waals surface area contributed by atoms with E-state index in [1.807, 2.05) is 6.07 Å². The van der Waals surface area contributed by atoms with E-state index >= 15 is 0 Å². The van der Waals surface area contributed by atoms with Crippen molar-refractivity contribution in [3.63, 3.8) is 0 Å². The number of aromatic nitrogens is 1. The van der Waals surface area contributed by atoms with E-state index in [-0.39, 0.29) is 11.5 Å². The van der Waals surface area contributed by atoms with Crippen molar-refractivity contribution in [3.05, 3.63) is 21.2 Å². The molecule has 90 valence electrons. The van der Waals surface area contributed by atoms with Crippen molar-refractivity contribution in [2.24, 2.45) is 0 Å². The van der Waals surface area contributed by atoms with Crippen LogP contribution in [0.3, 0.4) is 0 Å². The summed E-state index contributed by atoms with van der Waals surface area (Å²) in [6.07, 6.45) is 1.65. The Kier molecular flexibility index (Phi) is 5.20. The number of anilines is 1. The fraction of sp³-hybridized carbons (Fsp3) is 0.444. The van der Waals surface area contributed by atoms with Gasteiger partial charge in [-0.15, -0.1) is 0 Å². The smallest absolute Gasteiger partial charge is 0.151 e. The van der Waals surface area contributed by atoms with Crippen molar-refractivity contribution in [1.29, 1.82) is 0 Å². The topological polar surface area (TPSA) is 59.1 Å². The molecule has 0 atom stereocenters. The first-order valence-corrected chi connectivity index (χ1v) is 8.10. The number of sulfone groups is 1. The van der Waals surface area contributed by atoms with E-state index < -0.39 is 9.84 Å². The molecule has 0 unspecified atom stereocenters. The van der Waals surface area contributed by atoms with Gasteiger partial charge in [-0.1, -0.05) is 6.92 Å². The third-order valence-corrected chi connectivity index (χ3v) is 4.70. The lowest BCUT2D eigenvalue weighted by Crippen LogP contribution is -2.17. The highest BCUT2D eigenvalue weighted by Gasteiger charge is 2.07. The molecule has 0 aliphatic carbocycles. The predicted molar refractivity (Wildman–Crippen MR) is 72.5 cm³/mol. The van der Waals surface area contributed by atoms with Gasteiger partial charge < -0.3 is 5.32 Å². The predicted octanol–water partition coefficient (Wildman–Crippen LogP) is 2.45. The quantitative estimate of drug-likeness (QED) is 0.863. The molecule has 0 radical (unpaired) electrons. The van der Waals surface area contributed by atoms with Crippen molar-refractivity contribution in [1.82, 2.24) is 4.98 Å². The second-order valence-corrected chi connectivity index (χ2v) is 7.39. The van der Waals surface area contributed by atoms with Crippen LogP contribution in [0.4, 0.5) is 5.82 Å². The zero-order chi connectivity index (χ0) is 12.2. The Morgan fingerprint density at radius 2 is 2.12 bits per heavy atom. The van der Waals surface area contributed by atoms with Crippen molar-refractivity contribution in [2.45, 2.75) is 6.92 Å². The number of halogens is 2. The van der Waals surface area contributed by atoms with Crippen LogP contribution in [0.5, 0.6) is 0 Å². The van der Waals surface area contributed by atoms with Gasteiger partial charge >= 0.3 is 0 Å². The average Bonchev–Trinajstić information content (AvgIpc) is 2.21. The van der Waals surface area contributed by atoms with Gasteiger partial charge in [-0.05, 0) is 37.9 Å². The Hall–Kier alpha value is -0.140. The van der Waals surface area contributed by atoms with E-state index in [2.05, 4.69) is 42.2 Å². The zero-order valence-electron chi connectivity index (χ0n) is 8.70. The Bertz CT molecular complexity index is 463. The molecule has 0 aliphatic rings. The number of hydrogen-bond donors (Lipinski definition) is 1. The molecule has 0 aliphatic heterocycles. The van der Waals surface area contributed by atoms with Crippen LogP contribution >= 0.6 is 31.9 Å². The SMILES string of the molecule is CCS(=O)(=O)CCNc1ncc(Br)cc1Br. The standard InChI is InChI=1S/C9H12Br2N2O2S/c1-2-16(14,15)4-3-12-9-8(11)5-7(10)6-13-9/h5-6H,2-4H2,1H3,(H,12,13). The number of nitrogens with zero attached hydrogens (tertiary/aromatic N) is 1. The molecular weight excluding hydrogens is 360 g/mol. The van der Waals surface area contributed by atoms with Gasteiger partial charge in [-0.3, -0.25) is 0 Å². The first-order valence-electron chi connectivity index (χ1n) is 4.70. The van der Waals surface area contributed by atoms with Crippen LogP contribution in [0, 0.1) is 0 Å². The molecular formula is C9H12Br2N2O2S. The van der Waals surface area contributed by atoms with Crippen LogP contribution in [0.25, 0.3) is 0 Å². The molecule has 0 amide bonds. The normalized spacial score (nSPS) is 11.4. The van der Waals surface area contributed by atoms with E-state index in [4.69, 9.17) is 0 Å². The van der Waals surface area contributed by atoms with E-state index in [1.165, 1.54) is 0 Å². The first kappa shape index (κ1) is 13.9. The minimum atomic E-state index is -2.93. The maximum absolute atomic E-state index is 11.2. The van der Waals surface area contributed by atoms with Gasteiger partial charge in [0, 0.05) is 23.0 Å². The molecule has 4 nitrogen and oxygen atoms in total. The maximum atomic E-state index is 11.2. The molecule has 1 rings (SSSR count). The van der Waals surface area contributed by atoms with E-state index in [0.29, 0.717) is 12.4 Å². The fourth-order valence-corrected chi connectivity index (χ4v) is 2.84. The van der Waals surface area contributed by atoms with Crippen molar-refractivity contribution < 1.29 is 8.42 Å². The molecule has 1 aromatic rings. The second kappa shape index (κ2) is 5.97. The van der Waals surface area contributed by atoms with E-state index in [0.717, 1.165) is 8.95 Å². The van der Waals surface area contributed by atoms with Gasteiger partial charge in [0.25, 0.3) is 0 Å². The van der Waals surface area contributed by atoms with E-state index in [9.17, 15) is 8.42 Å². The van der Waals surface area contributed by atoms with Crippen LogP contribution in [0.1, 0.15) is 6.92 Å². The number of nitrogens with one attached hydrogen (secondary N) is 1. The highest BCUT2D eigenvalue weighted by Crippen LogP contribution is 2.23. The molecule has 1 aromatic heterocycles. The summed E-state index contributed by atoms with van der Waals surface area (Å²) in [5, 5.41) is 2.97. The minimum absolute atomic E-state index is 0.119. The average molecular weight is 372 g/mol. The summed E-state index contributed by atoms with van der Waals surface area (Å²) in [5.41, 5.74) is 0. The van der Waals surface area contributed by atoms with Crippen LogP contribution in [0.2, 0.25) is 0 Å². The number of hydrogen-bond acceptors (Lipinski definition) is 4. The fourth-order valence-electron chi connectivity index (χ4n) is 1.01. The largest absolute Gasteiger partial charge is 0.368 e. The molecule has 16 heavy (non-hydrogen) atoms. The van der Waals surface area contributed by atoms with Gasteiger partial charge in [0.1, 0.15) is 5.82 Å². The third-order valence-electron chi connectivity index (χ3n) is 1.95. The van der Waals surface area contributed by atoms with Crippen molar-refractivity contribution in [2.75, 3.05) is 23.4 Å². The van der Waals surface area contributed by atoms with Crippen LogP contribution < -0.4 is 5.32 Å². The molecule has 0 aromatic carbocycles. The lowest BCUT2D eigenvalue weighted by molar-refractivity contribution is 0.597. The third kappa shape index (κ3) is 4.39. The Labute approximate surface area is 112 Å². The lowest BCUT2D eigenvalue weighted by atomic mass is 10.4. The Morgan fingerprint density at radius 1 is 1.44 bits per heavy atom. The van der Waals surface area contributed by atoms with Gasteiger partial charge in [0.15, 0.2) is 9.84 Å². The van der Waals surface area contributed by atoms with Gasteiger partial charge in [0.05, 0.1) is 10.2 Å². The summed E-state index contributed by atoms with van der Waals surface area (Å²) in [6.45, 7) is 2.01. The molecule has 0 bridgehead atoms. The Morgan fingerprint density at radius 3 is 2.69 bits per heavy atom. The minimum Gasteiger partial charge on any atom is -0.368 e. The summed E-state index contributed by atoms with van der Waals surface area (Å²) >= 11 is 6.63. The number of rotatable bonds is 5. The molecule has 1 N–H and O–H groups in total. The molecule has 0 saturated carbocycles. The summed E-state index contributed by atoms with van der Waals surface area (Å²) in [6, 6.07) is 1.85. The second-order valence-electron chi connectivity index (χ2n) is 3.15. The van der Waals surface area contributed by atoms with E-state index in [1.54, 1.807) is 13.1 Å². The molecule has 7 heteroatoms. The van der Waals surface area contributed by atoms with Crippen LogP contribution in [-0.4, -0.2) is 31.5 Å². The summed E-state index contributed by atoms with van der Waals surface area (Å²) < 4.78 is 24.2.